The summed E-state index contributed by atoms with van der Waals surface area (Å²) in [6.45, 7) is 1.02. The van der Waals surface area contributed by atoms with Gasteiger partial charge in [-0.05, 0) is 32.2 Å². The number of carboxylic acid groups (broad SMARTS) is 2. The monoisotopic (exact) mass is 320 g/mol. The van der Waals surface area contributed by atoms with Crippen LogP contribution in [0.15, 0.2) is 4.99 Å². The van der Waals surface area contributed by atoms with Crippen LogP contribution in [0.25, 0.3) is 0 Å². The number of hydrogen-bond acceptors (Lipinski definition) is 6. The Bertz CT molecular complexity index is 347. The molecule has 0 aliphatic rings. The molecule has 0 aromatic rings. The largest absolute Gasteiger partial charge is 0.480 e. The molecule has 0 amide bonds. The molecule has 22 heavy (non-hydrogen) atoms. The Hall–Kier alpha value is -1.91. The molecule has 0 aromatic carbocycles. The fourth-order valence-corrected chi connectivity index (χ4v) is 1.27. The number of carboxylic acids is 2. The molecule has 0 saturated heterocycles. The highest BCUT2D eigenvalue weighted by Gasteiger charge is 2.10. The minimum atomic E-state index is -1.00. The minimum absolute atomic E-state index is 0.0129. The Labute approximate surface area is 129 Å². The molecule has 0 aliphatic heterocycles. The van der Waals surface area contributed by atoms with Crippen molar-refractivity contribution in [2.24, 2.45) is 33.7 Å². The molecule has 0 aliphatic carbocycles. The number of hydrogen-bond donors (Lipinski definition) is 7. The fourth-order valence-electron chi connectivity index (χ4n) is 1.27. The second-order valence-electron chi connectivity index (χ2n) is 4.62. The predicted octanol–water partition coefficient (Wildman–Crippen LogP) is -2.02. The first-order valence-electron chi connectivity index (χ1n) is 6.94. The zero-order valence-electron chi connectivity index (χ0n) is 12.6. The van der Waals surface area contributed by atoms with Gasteiger partial charge in [-0.25, -0.2) is 0 Å². The van der Waals surface area contributed by atoms with Crippen LogP contribution in [0, 0.1) is 0 Å². The zero-order chi connectivity index (χ0) is 17.5. The van der Waals surface area contributed by atoms with Crippen LogP contribution in [-0.2, 0) is 9.59 Å². The summed E-state index contributed by atoms with van der Waals surface area (Å²) in [6, 6.07) is -1.54. The molecule has 10 nitrogen and oxygen atoms in total. The van der Waals surface area contributed by atoms with Crippen LogP contribution in [0.5, 0.6) is 0 Å². The van der Waals surface area contributed by atoms with Crippen molar-refractivity contribution in [1.29, 1.82) is 0 Å². The molecule has 0 unspecified atom stereocenters. The third kappa shape index (κ3) is 16.1. The molecule has 10 heteroatoms. The van der Waals surface area contributed by atoms with Crippen LogP contribution in [-0.4, -0.2) is 53.3 Å². The summed E-state index contributed by atoms with van der Waals surface area (Å²) < 4.78 is 0. The maximum Gasteiger partial charge on any atom is 0.320 e. The van der Waals surface area contributed by atoms with Crippen molar-refractivity contribution in [2.75, 3.05) is 13.1 Å². The SMILES string of the molecule is NC(N)=NCCC[C@@H](N)C(=O)O.NCCCC[C@H](N)C(=O)O. The Kier molecular flexibility index (Phi) is 14.3. The predicted molar refractivity (Wildman–Crippen MR) is 84.0 cm³/mol. The number of nitrogens with zero attached hydrogens (tertiary/aromatic N) is 1. The van der Waals surface area contributed by atoms with E-state index in [0.717, 1.165) is 12.8 Å². The summed E-state index contributed by atoms with van der Waals surface area (Å²) in [6.07, 6.45) is 3.12. The van der Waals surface area contributed by atoms with Gasteiger partial charge in [-0.3, -0.25) is 14.6 Å². The van der Waals surface area contributed by atoms with E-state index in [1.807, 2.05) is 0 Å². The van der Waals surface area contributed by atoms with E-state index < -0.39 is 24.0 Å². The highest BCUT2D eigenvalue weighted by Crippen LogP contribution is 1.97. The Morgan fingerprint density at radius 2 is 1.36 bits per heavy atom. The number of unbranched alkanes of at least 4 members (excludes halogenated alkanes) is 1. The molecule has 0 bridgehead atoms. The van der Waals surface area contributed by atoms with Gasteiger partial charge < -0.3 is 38.9 Å². The van der Waals surface area contributed by atoms with E-state index >= 15 is 0 Å². The molecule has 0 heterocycles. The number of nitrogens with two attached hydrogens (primary N) is 5. The average molecular weight is 320 g/mol. The lowest BCUT2D eigenvalue weighted by Crippen LogP contribution is -2.30. The molecule has 0 radical (unpaired) electrons. The number of aliphatic carboxylic acids is 2. The van der Waals surface area contributed by atoms with Crippen molar-refractivity contribution in [3.8, 4) is 0 Å². The van der Waals surface area contributed by atoms with Gasteiger partial charge in [-0.1, -0.05) is 6.42 Å². The van der Waals surface area contributed by atoms with E-state index in [0.29, 0.717) is 32.4 Å². The van der Waals surface area contributed by atoms with Crippen molar-refractivity contribution in [3.05, 3.63) is 0 Å². The minimum Gasteiger partial charge on any atom is -0.480 e. The number of rotatable bonds is 10. The second kappa shape index (κ2) is 14.0. The highest BCUT2D eigenvalue weighted by molar-refractivity contribution is 5.75. The average Bonchev–Trinajstić information content (AvgIpc) is 2.43. The molecule has 0 spiro atoms. The molecule has 12 N–H and O–H groups in total. The van der Waals surface area contributed by atoms with Gasteiger partial charge in [0.25, 0.3) is 0 Å². The van der Waals surface area contributed by atoms with E-state index in [2.05, 4.69) is 4.99 Å². The van der Waals surface area contributed by atoms with Gasteiger partial charge >= 0.3 is 11.9 Å². The highest BCUT2D eigenvalue weighted by atomic mass is 16.4. The molecule has 0 fully saturated rings. The number of guanidine groups is 1. The van der Waals surface area contributed by atoms with Crippen molar-refractivity contribution in [1.82, 2.24) is 0 Å². The van der Waals surface area contributed by atoms with Gasteiger partial charge in [0, 0.05) is 6.54 Å². The summed E-state index contributed by atoms with van der Waals surface area (Å²) >= 11 is 0. The lowest BCUT2D eigenvalue weighted by molar-refractivity contribution is -0.139. The first-order chi connectivity index (χ1) is 10.2. The Morgan fingerprint density at radius 1 is 0.909 bits per heavy atom. The first kappa shape index (κ1) is 22.4. The number of carbonyl (C=O) groups is 2. The summed E-state index contributed by atoms with van der Waals surface area (Å²) in [5.41, 5.74) is 25.7. The van der Waals surface area contributed by atoms with Crippen LogP contribution in [0.1, 0.15) is 32.1 Å². The first-order valence-corrected chi connectivity index (χ1v) is 6.94. The topological polar surface area (TPSA) is 217 Å². The van der Waals surface area contributed by atoms with Crippen molar-refractivity contribution < 1.29 is 19.8 Å². The lowest BCUT2D eigenvalue weighted by atomic mass is 10.1. The quantitative estimate of drug-likeness (QED) is 0.134. The molecular formula is C12H28N6O4. The molecule has 130 valence electrons. The van der Waals surface area contributed by atoms with Crippen LogP contribution < -0.4 is 28.7 Å². The molecule has 0 aromatic heterocycles. The van der Waals surface area contributed by atoms with E-state index in [4.69, 9.17) is 38.9 Å². The van der Waals surface area contributed by atoms with Crippen molar-refractivity contribution in [2.45, 2.75) is 44.2 Å². The Balaban J connectivity index is 0. The van der Waals surface area contributed by atoms with Gasteiger partial charge in [0.15, 0.2) is 5.96 Å². The molecule has 2 atom stereocenters. The maximum absolute atomic E-state index is 10.2. The fraction of sp³-hybridized carbons (Fsp3) is 0.750. The van der Waals surface area contributed by atoms with Crippen molar-refractivity contribution >= 4 is 17.9 Å². The maximum atomic E-state index is 10.2. The molecule has 0 rings (SSSR count). The van der Waals surface area contributed by atoms with Crippen LogP contribution in [0.2, 0.25) is 0 Å². The van der Waals surface area contributed by atoms with Crippen LogP contribution >= 0.6 is 0 Å². The van der Waals surface area contributed by atoms with E-state index in [1.54, 1.807) is 0 Å². The Morgan fingerprint density at radius 3 is 1.73 bits per heavy atom. The van der Waals surface area contributed by atoms with Gasteiger partial charge in [-0.15, -0.1) is 0 Å². The molecule has 0 saturated carbocycles. The van der Waals surface area contributed by atoms with Gasteiger partial charge in [-0.2, -0.15) is 0 Å². The lowest BCUT2D eigenvalue weighted by Gasteiger charge is -2.03. The van der Waals surface area contributed by atoms with Gasteiger partial charge in [0.2, 0.25) is 0 Å². The number of aliphatic imine (C=N–C) groups is 1. The second-order valence-corrected chi connectivity index (χ2v) is 4.62. The van der Waals surface area contributed by atoms with Gasteiger partial charge in [0.1, 0.15) is 12.1 Å². The van der Waals surface area contributed by atoms with Crippen LogP contribution in [0.4, 0.5) is 0 Å². The summed E-state index contributed by atoms with van der Waals surface area (Å²) in [7, 11) is 0. The van der Waals surface area contributed by atoms with Crippen LogP contribution in [0.3, 0.4) is 0 Å². The molecular weight excluding hydrogens is 292 g/mol. The van der Waals surface area contributed by atoms with Crippen molar-refractivity contribution in [3.63, 3.8) is 0 Å². The van der Waals surface area contributed by atoms with E-state index in [-0.39, 0.29) is 5.96 Å². The van der Waals surface area contributed by atoms with E-state index in [9.17, 15) is 9.59 Å². The summed E-state index contributed by atoms with van der Waals surface area (Å²) in [5.74, 6) is -1.92. The zero-order valence-corrected chi connectivity index (χ0v) is 12.6. The smallest absolute Gasteiger partial charge is 0.320 e. The normalized spacial score (nSPS) is 12.5. The third-order valence-electron chi connectivity index (χ3n) is 2.57. The third-order valence-corrected chi connectivity index (χ3v) is 2.57. The summed E-state index contributed by atoms with van der Waals surface area (Å²) in [4.78, 5) is 24.0. The standard InChI is InChI=1S/C6H14N4O2.C6H14N2O2/c7-4(5(11)12)2-1-3-10-6(8)9;7-4-2-1-3-5(8)6(9)10/h4H,1-3,7H2,(H,11,12)(H4,8,9,10);5H,1-4,7-8H2,(H,9,10)/t4-;5-/m10/s1. The van der Waals surface area contributed by atoms with E-state index in [1.165, 1.54) is 0 Å². The van der Waals surface area contributed by atoms with Gasteiger partial charge in [0.05, 0.1) is 0 Å². The summed E-state index contributed by atoms with van der Waals surface area (Å²) in [5, 5.41) is 16.7.